The maximum atomic E-state index is 11.3. The zero-order chi connectivity index (χ0) is 11.4. The fourth-order valence-electron chi connectivity index (χ4n) is 2.23. The quantitative estimate of drug-likeness (QED) is 0.777. The molecule has 5 heteroatoms. The monoisotopic (exact) mass is 245 g/mol. The summed E-state index contributed by atoms with van der Waals surface area (Å²) in [7, 11) is 0. The Morgan fingerprint density at radius 2 is 2.44 bits per heavy atom. The van der Waals surface area contributed by atoms with E-state index < -0.39 is 11.5 Å². The predicted octanol–water partition coefficient (Wildman–Crippen LogP) is 1.11. The van der Waals surface area contributed by atoms with Crippen LogP contribution in [0.25, 0.3) is 0 Å². The highest BCUT2D eigenvalue weighted by molar-refractivity contribution is 7.99. The van der Waals surface area contributed by atoms with Crippen LogP contribution in [-0.2, 0) is 9.53 Å². The van der Waals surface area contributed by atoms with Gasteiger partial charge in [-0.1, -0.05) is 0 Å². The summed E-state index contributed by atoms with van der Waals surface area (Å²) in [6.07, 6.45) is 4.31. The van der Waals surface area contributed by atoms with E-state index in [9.17, 15) is 9.90 Å². The summed E-state index contributed by atoms with van der Waals surface area (Å²) in [5.41, 5.74) is -0.703. The van der Waals surface area contributed by atoms with Crippen LogP contribution in [0.4, 0.5) is 0 Å². The molecule has 2 aliphatic rings. The number of carboxylic acid groups (broad SMARTS) is 1. The minimum atomic E-state index is -0.715. The van der Waals surface area contributed by atoms with E-state index in [2.05, 4.69) is 5.32 Å². The summed E-state index contributed by atoms with van der Waals surface area (Å²) >= 11 is 1.71. The highest BCUT2D eigenvalue weighted by atomic mass is 32.2. The van der Waals surface area contributed by atoms with E-state index in [-0.39, 0.29) is 6.10 Å². The Labute approximate surface area is 100 Å². The molecule has 0 aliphatic carbocycles. The molecule has 0 bridgehead atoms. The minimum Gasteiger partial charge on any atom is -0.480 e. The predicted molar refractivity (Wildman–Crippen MR) is 63.9 cm³/mol. The van der Waals surface area contributed by atoms with Crippen LogP contribution in [0, 0.1) is 0 Å². The Hall–Kier alpha value is -0.260. The molecule has 16 heavy (non-hydrogen) atoms. The van der Waals surface area contributed by atoms with Crippen molar-refractivity contribution >= 4 is 17.7 Å². The summed E-state index contributed by atoms with van der Waals surface area (Å²) in [6.45, 7) is 1.49. The maximum Gasteiger partial charge on any atom is 0.324 e. The molecular weight excluding hydrogens is 226 g/mol. The summed E-state index contributed by atoms with van der Waals surface area (Å²) < 4.78 is 5.60. The largest absolute Gasteiger partial charge is 0.480 e. The van der Waals surface area contributed by atoms with Crippen molar-refractivity contribution in [2.45, 2.75) is 37.3 Å². The van der Waals surface area contributed by atoms with Crippen molar-refractivity contribution in [1.82, 2.24) is 5.32 Å². The number of ether oxygens (including phenoxy) is 1. The number of carbonyl (C=O) groups is 1. The molecule has 2 aliphatic heterocycles. The molecule has 2 atom stereocenters. The van der Waals surface area contributed by atoms with Gasteiger partial charge in [0.05, 0.1) is 6.10 Å². The fraction of sp³-hybridized carbons (Fsp3) is 0.909. The van der Waals surface area contributed by atoms with Crippen molar-refractivity contribution < 1.29 is 14.6 Å². The number of hydrogen-bond acceptors (Lipinski definition) is 4. The van der Waals surface area contributed by atoms with Gasteiger partial charge >= 0.3 is 5.97 Å². The van der Waals surface area contributed by atoms with Gasteiger partial charge in [-0.2, -0.15) is 11.8 Å². The Morgan fingerprint density at radius 1 is 1.56 bits per heavy atom. The van der Waals surface area contributed by atoms with Crippen molar-refractivity contribution in [2.24, 2.45) is 0 Å². The van der Waals surface area contributed by atoms with Crippen LogP contribution >= 0.6 is 11.8 Å². The summed E-state index contributed by atoms with van der Waals surface area (Å²) in [5, 5.41) is 12.5. The number of nitrogens with one attached hydrogen (secondary N) is 1. The third-order valence-corrected chi connectivity index (χ3v) is 4.56. The Kier molecular flexibility index (Phi) is 4.10. The van der Waals surface area contributed by atoms with Crippen LogP contribution in [-0.4, -0.2) is 47.4 Å². The van der Waals surface area contributed by atoms with Crippen LogP contribution < -0.4 is 5.32 Å². The van der Waals surface area contributed by atoms with E-state index in [0.717, 1.165) is 31.6 Å². The average molecular weight is 245 g/mol. The fourth-order valence-corrected chi connectivity index (χ4v) is 3.58. The topological polar surface area (TPSA) is 58.6 Å². The molecule has 2 fully saturated rings. The molecule has 4 nitrogen and oxygen atoms in total. The molecule has 0 saturated carbocycles. The average Bonchev–Trinajstić information content (AvgIpc) is 2.78. The third kappa shape index (κ3) is 2.70. The van der Waals surface area contributed by atoms with Crippen LogP contribution in [0.5, 0.6) is 0 Å². The molecule has 0 amide bonds. The van der Waals surface area contributed by atoms with Gasteiger partial charge in [-0.15, -0.1) is 0 Å². The molecule has 2 heterocycles. The lowest BCUT2D eigenvalue weighted by atomic mass is 9.98. The van der Waals surface area contributed by atoms with Gasteiger partial charge in [-0.05, 0) is 31.4 Å². The minimum absolute atomic E-state index is 0.204. The van der Waals surface area contributed by atoms with E-state index in [1.807, 2.05) is 0 Å². The molecule has 92 valence electrons. The zero-order valence-corrected chi connectivity index (χ0v) is 10.2. The molecule has 2 rings (SSSR count). The maximum absolute atomic E-state index is 11.3. The summed E-state index contributed by atoms with van der Waals surface area (Å²) in [6, 6.07) is 0. The van der Waals surface area contributed by atoms with Gasteiger partial charge in [0.25, 0.3) is 0 Å². The number of aliphatic carboxylic acids is 1. The van der Waals surface area contributed by atoms with Crippen LogP contribution in [0.2, 0.25) is 0 Å². The number of carboxylic acids is 1. The summed E-state index contributed by atoms with van der Waals surface area (Å²) in [5.74, 6) is 0.896. The van der Waals surface area contributed by atoms with Crippen molar-refractivity contribution in [1.29, 1.82) is 0 Å². The Balaban J connectivity index is 1.84. The van der Waals surface area contributed by atoms with E-state index >= 15 is 0 Å². The second kappa shape index (κ2) is 5.38. The van der Waals surface area contributed by atoms with E-state index in [1.54, 1.807) is 11.8 Å². The van der Waals surface area contributed by atoms with Gasteiger partial charge in [0, 0.05) is 18.9 Å². The normalized spacial score (nSPS) is 35.1. The first-order valence-electron chi connectivity index (χ1n) is 5.91. The lowest BCUT2D eigenvalue weighted by molar-refractivity contribution is -0.144. The molecule has 2 unspecified atom stereocenters. The Bertz CT molecular complexity index is 248. The SMILES string of the molecule is O=C(O)C1(NCC2CCCCO2)CCSC1. The lowest BCUT2D eigenvalue weighted by Gasteiger charge is -2.29. The molecule has 0 radical (unpaired) electrons. The molecule has 2 saturated heterocycles. The first kappa shape index (κ1) is 12.2. The van der Waals surface area contributed by atoms with E-state index in [0.29, 0.717) is 12.3 Å². The smallest absolute Gasteiger partial charge is 0.324 e. The van der Waals surface area contributed by atoms with Gasteiger partial charge in [0.1, 0.15) is 5.54 Å². The first-order valence-corrected chi connectivity index (χ1v) is 7.06. The lowest BCUT2D eigenvalue weighted by Crippen LogP contribution is -2.54. The van der Waals surface area contributed by atoms with Gasteiger partial charge < -0.3 is 9.84 Å². The third-order valence-electron chi connectivity index (χ3n) is 3.37. The molecule has 0 aromatic heterocycles. The molecule has 2 N–H and O–H groups in total. The van der Waals surface area contributed by atoms with Gasteiger partial charge in [0.15, 0.2) is 0 Å². The number of thioether (sulfide) groups is 1. The highest BCUT2D eigenvalue weighted by Crippen LogP contribution is 2.28. The van der Waals surface area contributed by atoms with E-state index in [1.165, 1.54) is 6.42 Å². The second-order valence-electron chi connectivity index (χ2n) is 4.56. The Morgan fingerprint density at radius 3 is 3.00 bits per heavy atom. The summed E-state index contributed by atoms with van der Waals surface area (Å²) in [4.78, 5) is 11.3. The van der Waals surface area contributed by atoms with Crippen molar-refractivity contribution in [3.05, 3.63) is 0 Å². The zero-order valence-electron chi connectivity index (χ0n) is 9.41. The highest BCUT2D eigenvalue weighted by Gasteiger charge is 2.41. The molecule has 0 aromatic rings. The molecule has 0 spiro atoms. The van der Waals surface area contributed by atoms with Crippen LogP contribution in [0.3, 0.4) is 0 Å². The first-order chi connectivity index (χ1) is 7.73. The van der Waals surface area contributed by atoms with Crippen LogP contribution in [0.15, 0.2) is 0 Å². The van der Waals surface area contributed by atoms with Gasteiger partial charge in [-0.25, -0.2) is 0 Å². The van der Waals surface area contributed by atoms with E-state index in [4.69, 9.17) is 4.74 Å². The van der Waals surface area contributed by atoms with Crippen LogP contribution in [0.1, 0.15) is 25.7 Å². The number of hydrogen-bond donors (Lipinski definition) is 2. The molecule has 0 aromatic carbocycles. The van der Waals surface area contributed by atoms with Gasteiger partial charge in [0.2, 0.25) is 0 Å². The van der Waals surface area contributed by atoms with Crippen molar-refractivity contribution in [3.8, 4) is 0 Å². The molecular formula is C11H19NO3S. The van der Waals surface area contributed by atoms with Crippen molar-refractivity contribution in [3.63, 3.8) is 0 Å². The van der Waals surface area contributed by atoms with Crippen molar-refractivity contribution in [2.75, 3.05) is 24.7 Å². The number of rotatable bonds is 4. The second-order valence-corrected chi connectivity index (χ2v) is 5.66. The standard InChI is InChI=1S/C11H19NO3S/c13-10(14)11(4-6-16-8-11)12-7-9-3-1-2-5-15-9/h9,12H,1-8H2,(H,13,14). The van der Waals surface area contributed by atoms with Gasteiger partial charge in [-0.3, -0.25) is 10.1 Å².